The highest BCUT2D eigenvalue weighted by Crippen LogP contribution is 2.15. The number of piperidine rings is 1. The number of likely N-dealkylation sites (tertiary alicyclic amines) is 1. The van der Waals surface area contributed by atoms with Crippen LogP contribution in [0.25, 0.3) is 0 Å². The summed E-state index contributed by atoms with van der Waals surface area (Å²) >= 11 is 0. The molecule has 3 aromatic rings. The van der Waals surface area contributed by atoms with Gasteiger partial charge < -0.3 is 15.4 Å². The van der Waals surface area contributed by atoms with Crippen LogP contribution in [0.2, 0.25) is 0 Å². The van der Waals surface area contributed by atoms with Crippen molar-refractivity contribution < 1.29 is 18.7 Å². The Morgan fingerprint density at radius 2 is 1.47 bits per heavy atom. The molecule has 3 aromatic carbocycles. The van der Waals surface area contributed by atoms with E-state index in [9.17, 15) is 14.0 Å². The lowest BCUT2D eigenvalue weighted by molar-refractivity contribution is -0.124. The fourth-order valence-electron chi connectivity index (χ4n) is 4.35. The highest BCUT2D eigenvalue weighted by Gasteiger charge is 2.26. The monoisotopic (exact) mass is 489 g/mol. The van der Waals surface area contributed by atoms with Crippen LogP contribution in [0.4, 0.5) is 9.18 Å². The van der Waals surface area contributed by atoms with Crippen LogP contribution in [-0.2, 0) is 29.1 Å². The van der Waals surface area contributed by atoms with Gasteiger partial charge >= 0.3 is 6.09 Å². The molecule has 0 saturated carbocycles. The molecule has 0 unspecified atom stereocenters. The van der Waals surface area contributed by atoms with Gasteiger partial charge in [-0.1, -0.05) is 72.8 Å². The summed E-state index contributed by atoms with van der Waals surface area (Å²) in [5, 5.41) is 5.88. The zero-order valence-electron chi connectivity index (χ0n) is 20.2. The Kier molecular flexibility index (Phi) is 9.05. The number of carbonyl (C=O) groups is 2. The Morgan fingerprint density at radius 3 is 2.11 bits per heavy atom. The maximum absolute atomic E-state index is 13.2. The minimum Gasteiger partial charge on any atom is -0.445 e. The molecular formula is C29H32FN3O3. The van der Waals surface area contributed by atoms with Gasteiger partial charge in [-0.3, -0.25) is 9.69 Å². The lowest BCUT2D eigenvalue weighted by Crippen LogP contribution is -2.52. The van der Waals surface area contributed by atoms with E-state index in [1.54, 1.807) is 12.1 Å². The smallest absolute Gasteiger partial charge is 0.408 e. The van der Waals surface area contributed by atoms with Crippen LogP contribution in [0.5, 0.6) is 0 Å². The number of nitrogens with zero attached hydrogens (tertiary/aromatic N) is 1. The number of carbonyl (C=O) groups excluding carboxylic acids is 2. The summed E-state index contributed by atoms with van der Waals surface area (Å²) in [5.74, 6) is -0.449. The minimum atomic E-state index is -0.743. The number of halogens is 1. The summed E-state index contributed by atoms with van der Waals surface area (Å²) in [6, 6.07) is 24.9. The van der Waals surface area contributed by atoms with Crippen LogP contribution in [0.1, 0.15) is 29.5 Å². The molecule has 1 aliphatic heterocycles. The van der Waals surface area contributed by atoms with Gasteiger partial charge in [-0.15, -0.1) is 0 Å². The lowest BCUT2D eigenvalue weighted by atomic mass is 10.0. The van der Waals surface area contributed by atoms with Gasteiger partial charge in [0.05, 0.1) is 0 Å². The Bertz CT molecular complexity index is 1100. The fraction of sp³-hybridized carbons (Fsp3) is 0.310. The van der Waals surface area contributed by atoms with Crippen LogP contribution < -0.4 is 10.6 Å². The maximum atomic E-state index is 13.2. The molecule has 2 N–H and O–H groups in total. The number of hydrogen-bond donors (Lipinski definition) is 2. The van der Waals surface area contributed by atoms with Gasteiger partial charge in [0.15, 0.2) is 0 Å². The molecule has 1 saturated heterocycles. The predicted octanol–water partition coefficient (Wildman–Crippen LogP) is 4.44. The van der Waals surface area contributed by atoms with Gasteiger partial charge in [-0.05, 0) is 41.7 Å². The van der Waals surface area contributed by atoms with E-state index < -0.39 is 12.1 Å². The van der Waals surface area contributed by atoms with Crippen molar-refractivity contribution in [3.05, 3.63) is 107 Å². The van der Waals surface area contributed by atoms with E-state index in [0.29, 0.717) is 6.42 Å². The summed E-state index contributed by atoms with van der Waals surface area (Å²) in [5.41, 5.74) is 2.90. The Morgan fingerprint density at radius 1 is 0.861 bits per heavy atom. The van der Waals surface area contributed by atoms with Gasteiger partial charge in [0.1, 0.15) is 18.5 Å². The number of alkyl carbamates (subject to hydrolysis) is 1. The van der Waals surface area contributed by atoms with Gasteiger partial charge in [0.2, 0.25) is 5.91 Å². The summed E-state index contributed by atoms with van der Waals surface area (Å²) in [6.07, 6.45) is 1.37. The van der Waals surface area contributed by atoms with Crippen molar-refractivity contribution in [1.29, 1.82) is 0 Å². The third-order valence-electron chi connectivity index (χ3n) is 6.36. The van der Waals surface area contributed by atoms with Crippen LogP contribution in [0, 0.1) is 5.82 Å². The second-order valence-electron chi connectivity index (χ2n) is 9.13. The van der Waals surface area contributed by atoms with Gasteiger partial charge in [0.25, 0.3) is 0 Å². The van der Waals surface area contributed by atoms with Crippen molar-refractivity contribution in [3.63, 3.8) is 0 Å². The topological polar surface area (TPSA) is 70.7 Å². The van der Waals surface area contributed by atoms with Crippen LogP contribution >= 0.6 is 0 Å². The van der Waals surface area contributed by atoms with Crippen molar-refractivity contribution in [2.45, 2.75) is 44.5 Å². The average Bonchev–Trinajstić information content (AvgIpc) is 2.91. The van der Waals surface area contributed by atoms with Crippen molar-refractivity contribution in [2.24, 2.45) is 0 Å². The third kappa shape index (κ3) is 7.92. The number of benzene rings is 3. The summed E-state index contributed by atoms with van der Waals surface area (Å²) < 4.78 is 18.5. The molecule has 1 heterocycles. The number of rotatable bonds is 9. The van der Waals surface area contributed by atoms with E-state index >= 15 is 0 Å². The van der Waals surface area contributed by atoms with E-state index in [-0.39, 0.29) is 24.4 Å². The quantitative estimate of drug-likeness (QED) is 0.466. The Balaban J connectivity index is 1.30. The normalized spacial score (nSPS) is 15.1. The van der Waals surface area contributed by atoms with Crippen molar-refractivity contribution >= 4 is 12.0 Å². The van der Waals surface area contributed by atoms with Crippen LogP contribution in [0.15, 0.2) is 84.9 Å². The molecular weight excluding hydrogens is 457 g/mol. The predicted molar refractivity (Wildman–Crippen MR) is 137 cm³/mol. The molecule has 1 fully saturated rings. The van der Waals surface area contributed by atoms with Gasteiger partial charge in [-0.2, -0.15) is 0 Å². The molecule has 0 bridgehead atoms. The lowest BCUT2D eigenvalue weighted by Gasteiger charge is -2.33. The Hall–Kier alpha value is -3.71. The second kappa shape index (κ2) is 12.8. The molecule has 2 amide bonds. The highest BCUT2D eigenvalue weighted by molar-refractivity contribution is 5.86. The molecule has 7 heteroatoms. The molecule has 0 aliphatic carbocycles. The first kappa shape index (κ1) is 25.4. The largest absolute Gasteiger partial charge is 0.445 e. The van der Waals surface area contributed by atoms with E-state index in [2.05, 4.69) is 15.5 Å². The zero-order valence-corrected chi connectivity index (χ0v) is 20.2. The number of ether oxygens (including phenoxy) is 1. The standard InChI is InChI=1S/C29H32FN3O3/c30-25-13-11-23(12-14-25)20-33-17-15-26(16-18-33)31-28(34)27(19-22-7-3-1-4-8-22)32-29(35)36-21-24-9-5-2-6-10-24/h1-14,26-27H,15-21H2,(H,31,34)(H,32,35)/t27-/m0/s1. The molecule has 188 valence electrons. The van der Waals surface area contributed by atoms with Crippen LogP contribution in [0.3, 0.4) is 0 Å². The summed E-state index contributed by atoms with van der Waals surface area (Å²) in [4.78, 5) is 28.0. The molecule has 0 radical (unpaired) electrons. The number of nitrogens with one attached hydrogen (secondary N) is 2. The molecule has 6 nitrogen and oxygen atoms in total. The second-order valence-corrected chi connectivity index (χ2v) is 9.13. The number of hydrogen-bond acceptors (Lipinski definition) is 4. The summed E-state index contributed by atoms with van der Waals surface area (Å²) in [6.45, 7) is 2.56. The molecule has 4 rings (SSSR count). The maximum Gasteiger partial charge on any atom is 0.408 e. The molecule has 1 atom stereocenters. The van der Waals surface area contributed by atoms with E-state index in [4.69, 9.17) is 4.74 Å². The highest BCUT2D eigenvalue weighted by atomic mass is 19.1. The number of amides is 2. The first-order valence-corrected chi connectivity index (χ1v) is 12.3. The average molecular weight is 490 g/mol. The third-order valence-corrected chi connectivity index (χ3v) is 6.36. The molecule has 0 spiro atoms. The van der Waals surface area contributed by atoms with Crippen LogP contribution in [-0.4, -0.2) is 42.1 Å². The summed E-state index contributed by atoms with van der Waals surface area (Å²) in [7, 11) is 0. The van der Waals surface area contributed by atoms with E-state index in [1.165, 1.54) is 12.1 Å². The molecule has 36 heavy (non-hydrogen) atoms. The first-order chi connectivity index (χ1) is 17.5. The van der Waals surface area contributed by atoms with Gasteiger partial charge in [-0.25, -0.2) is 9.18 Å². The van der Waals surface area contributed by atoms with Crippen molar-refractivity contribution in [2.75, 3.05) is 13.1 Å². The first-order valence-electron chi connectivity index (χ1n) is 12.3. The van der Waals surface area contributed by atoms with Gasteiger partial charge in [0, 0.05) is 32.1 Å². The molecule has 0 aromatic heterocycles. The van der Waals surface area contributed by atoms with Crippen molar-refractivity contribution in [3.8, 4) is 0 Å². The SMILES string of the molecule is O=C(N[C@@H](Cc1ccccc1)C(=O)NC1CCN(Cc2ccc(F)cc2)CC1)OCc1ccccc1. The van der Waals surface area contributed by atoms with E-state index in [0.717, 1.165) is 49.2 Å². The minimum absolute atomic E-state index is 0.0300. The molecule has 1 aliphatic rings. The Labute approximate surface area is 211 Å². The van der Waals surface area contributed by atoms with Crippen molar-refractivity contribution in [1.82, 2.24) is 15.5 Å². The zero-order chi connectivity index (χ0) is 25.2. The fourth-order valence-corrected chi connectivity index (χ4v) is 4.35. The van der Waals surface area contributed by atoms with E-state index in [1.807, 2.05) is 60.7 Å².